The second-order valence-corrected chi connectivity index (χ2v) is 4.30. The molecule has 1 heterocycles. The van der Waals surface area contributed by atoms with Crippen LogP contribution in [0.1, 0.15) is 22.8 Å². The van der Waals surface area contributed by atoms with Crippen molar-refractivity contribution in [3.63, 3.8) is 0 Å². The third-order valence-corrected chi connectivity index (χ3v) is 2.68. The summed E-state index contributed by atoms with van der Waals surface area (Å²) in [6.07, 6.45) is 3.23. The van der Waals surface area contributed by atoms with Gasteiger partial charge in [0, 0.05) is 25.2 Å². The van der Waals surface area contributed by atoms with Gasteiger partial charge in [0.25, 0.3) is 5.91 Å². The molecule has 102 valence electrons. The van der Waals surface area contributed by atoms with Crippen LogP contribution < -0.4 is 10.6 Å². The first-order chi connectivity index (χ1) is 9.65. The van der Waals surface area contributed by atoms with E-state index in [1.54, 1.807) is 36.7 Å². The fourth-order valence-corrected chi connectivity index (χ4v) is 1.64. The maximum atomic E-state index is 12.0. The number of pyridine rings is 1. The van der Waals surface area contributed by atoms with Crippen molar-refractivity contribution in [2.45, 2.75) is 13.5 Å². The van der Waals surface area contributed by atoms with E-state index in [-0.39, 0.29) is 11.8 Å². The molecule has 0 saturated heterocycles. The zero-order valence-corrected chi connectivity index (χ0v) is 11.1. The van der Waals surface area contributed by atoms with Crippen molar-refractivity contribution in [2.24, 2.45) is 0 Å². The lowest BCUT2D eigenvalue weighted by atomic mass is 10.1. The van der Waals surface area contributed by atoms with Crippen LogP contribution in [0.15, 0.2) is 48.8 Å². The highest BCUT2D eigenvalue weighted by molar-refractivity contribution is 6.04. The Balaban J connectivity index is 1.99. The van der Waals surface area contributed by atoms with Gasteiger partial charge in [0.2, 0.25) is 5.91 Å². The summed E-state index contributed by atoms with van der Waals surface area (Å²) in [5, 5.41) is 5.46. The summed E-state index contributed by atoms with van der Waals surface area (Å²) in [6.45, 7) is 1.93. The molecule has 5 heteroatoms. The molecule has 0 fully saturated rings. The molecule has 0 bridgehead atoms. The van der Waals surface area contributed by atoms with Crippen LogP contribution >= 0.6 is 0 Å². The smallest absolute Gasteiger partial charge is 0.255 e. The number of nitrogens with zero attached hydrogens (tertiary/aromatic N) is 1. The van der Waals surface area contributed by atoms with Gasteiger partial charge in [-0.2, -0.15) is 0 Å². The van der Waals surface area contributed by atoms with Gasteiger partial charge in [0.15, 0.2) is 0 Å². The fraction of sp³-hybridized carbons (Fsp3) is 0.133. The van der Waals surface area contributed by atoms with Gasteiger partial charge in [-0.1, -0.05) is 12.1 Å². The van der Waals surface area contributed by atoms with E-state index in [1.807, 2.05) is 12.1 Å². The summed E-state index contributed by atoms with van der Waals surface area (Å²) in [4.78, 5) is 26.7. The minimum absolute atomic E-state index is 0.0802. The first-order valence-electron chi connectivity index (χ1n) is 6.20. The van der Waals surface area contributed by atoms with E-state index in [1.165, 1.54) is 6.92 Å². The van der Waals surface area contributed by atoms with Gasteiger partial charge in [-0.05, 0) is 29.8 Å². The van der Waals surface area contributed by atoms with Gasteiger partial charge in [-0.15, -0.1) is 0 Å². The number of hydrogen-bond acceptors (Lipinski definition) is 3. The molecule has 20 heavy (non-hydrogen) atoms. The second-order valence-electron chi connectivity index (χ2n) is 4.30. The number of rotatable bonds is 4. The van der Waals surface area contributed by atoms with Crippen LogP contribution in [-0.2, 0) is 11.3 Å². The predicted octanol–water partition coefficient (Wildman–Crippen LogP) is 1.97. The summed E-state index contributed by atoms with van der Waals surface area (Å²) < 4.78 is 0. The molecule has 2 rings (SSSR count). The molecule has 1 aromatic heterocycles. The van der Waals surface area contributed by atoms with Gasteiger partial charge in [0.05, 0.1) is 11.9 Å². The second kappa shape index (κ2) is 6.47. The van der Waals surface area contributed by atoms with Gasteiger partial charge in [-0.25, -0.2) is 0 Å². The highest BCUT2D eigenvalue weighted by Crippen LogP contribution is 2.09. The molecule has 0 atom stereocenters. The molecule has 0 saturated carbocycles. The van der Waals surface area contributed by atoms with Gasteiger partial charge in [-0.3, -0.25) is 14.6 Å². The zero-order chi connectivity index (χ0) is 14.4. The van der Waals surface area contributed by atoms with Crippen LogP contribution in [0.4, 0.5) is 5.69 Å². The summed E-state index contributed by atoms with van der Waals surface area (Å²) in [7, 11) is 0. The van der Waals surface area contributed by atoms with Gasteiger partial charge < -0.3 is 10.6 Å². The molecule has 0 aliphatic rings. The van der Waals surface area contributed by atoms with Crippen molar-refractivity contribution in [1.29, 1.82) is 0 Å². The Morgan fingerprint density at radius 2 is 1.90 bits per heavy atom. The molecule has 5 nitrogen and oxygen atoms in total. The first kappa shape index (κ1) is 13.7. The van der Waals surface area contributed by atoms with Crippen molar-refractivity contribution in [1.82, 2.24) is 10.3 Å². The average molecular weight is 269 g/mol. The Hall–Kier alpha value is -2.69. The van der Waals surface area contributed by atoms with Crippen LogP contribution in [0, 0.1) is 0 Å². The molecule has 0 aliphatic heterocycles. The Morgan fingerprint density at radius 3 is 2.50 bits per heavy atom. The molecule has 0 unspecified atom stereocenters. The van der Waals surface area contributed by atoms with Crippen LogP contribution in [-0.4, -0.2) is 16.8 Å². The van der Waals surface area contributed by atoms with Crippen LogP contribution in [0.2, 0.25) is 0 Å². The molecule has 0 spiro atoms. The van der Waals surface area contributed by atoms with E-state index < -0.39 is 0 Å². The Bertz CT molecular complexity index is 594. The number of carbonyl (C=O) groups excluding carboxylic acids is 2. The monoisotopic (exact) mass is 269 g/mol. The van der Waals surface area contributed by atoms with Gasteiger partial charge in [0.1, 0.15) is 0 Å². The molecular weight excluding hydrogens is 254 g/mol. The van der Waals surface area contributed by atoms with Crippen molar-refractivity contribution in [3.05, 3.63) is 59.9 Å². The minimum Gasteiger partial charge on any atom is -0.352 e. The normalized spacial score (nSPS) is 9.85. The highest BCUT2D eigenvalue weighted by atomic mass is 16.2. The van der Waals surface area contributed by atoms with Crippen LogP contribution in [0.5, 0.6) is 0 Å². The molecule has 1 aromatic carbocycles. The van der Waals surface area contributed by atoms with E-state index in [9.17, 15) is 9.59 Å². The Kier molecular flexibility index (Phi) is 4.44. The van der Waals surface area contributed by atoms with Gasteiger partial charge >= 0.3 is 0 Å². The molecular formula is C15H15N3O2. The average Bonchev–Trinajstić information content (AvgIpc) is 2.46. The summed E-state index contributed by atoms with van der Waals surface area (Å²) in [6, 6.07) is 10.6. The number of carbonyl (C=O) groups is 2. The SMILES string of the molecule is CC(=O)NCc1ccc(C(=O)Nc2cccnc2)cc1. The quantitative estimate of drug-likeness (QED) is 0.891. The minimum atomic E-state index is -0.191. The van der Waals surface area contributed by atoms with Crippen LogP contribution in [0.25, 0.3) is 0 Å². The molecule has 0 radical (unpaired) electrons. The number of benzene rings is 1. The third kappa shape index (κ3) is 3.91. The highest BCUT2D eigenvalue weighted by Gasteiger charge is 2.06. The van der Waals surface area contributed by atoms with Crippen LogP contribution in [0.3, 0.4) is 0 Å². The van der Waals surface area contributed by atoms with Crippen molar-refractivity contribution >= 4 is 17.5 Å². The summed E-state index contributed by atoms with van der Waals surface area (Å²) in [5.41, 5.74) is 2.15. The zero-order valence-electron chi connectivity index (χ0n) is 11.1. The maximum Gasteiger partial charge on any atom is 0.255 e. The Labute approximate surface area is 117 Å². The molecule has 0 aliphatic carbocycles. The van der Waals surface area contributed by atoms with E-state index in [0.29, 0.717) is 17.8 Å². The van der Waals surface area contributed by atoms with E-state index >= 15 is 0 Å². The molecule has 2 aromatic rings. The fourth-order valence-electron chi connectivity index (χ4n) is 1.64. The third-order valence-electron chi connectivity index (χ3n) is 2.68. The number of hydrogen-bond donors (Lipinski definition) is 2. The summed E-state index contributed by atoms with van der Waals surface area (Å²) in [5.74, 6) is -0.271. The number of amides is 2. The lowest BCUT2D eigenvalue weighted by molar-refractivity contribution is -0.119. The standard InChI is InChI=1S/C15H15N3O2/c1-11(19)17-9-12-4-6-13(7-5-12)15(20)18-14-3-2-8-16-10-14/h2-8,10H,9H2,1H3,(H,17,19)(H,18,20). The van der Waals surface area contributed by atoms with Crippen molar-refractivity contribution < 1.29 is 9.59 Å². The van der Waals surface area contributed by atoms with E-state index in [2.05, 4.69) is 15.6 Å². The molecule has 2 amide bonds. The number of nitrogens with one attached hydrogen (secondary N) is 2. The Morgan fingerprint density at radius 1 is 1.15 bits per heavy atom. The van der Waals surface area contributed by atoms with Crippen molar-refractivity contribution in [2.75, 3.05) is 5.32 Å². The first-order valence-corrected chi connectivity index (χ1v) is 6.20. The predicted molar refractivity (Wildman–Crippen MR) is 76.2 cm³/mol. The maximum absolute atomic E-state index is 12.0. The van der Waals surface area contributed by atoms with E-state index in [0.717, 1.165) is 5.56 Å². The topological polar surface area (TPSA) is 71.1 Å². The number of aromatic nitrogens is 1. The number of anilines is 1. The van der Waals surface area contributed by atoms with E-state index in [4.69, 9.17) is 0 Å². The summed E-state index contributed by atoms with van der Waals surface area (Å²) >= 11 is 0. The largest absolute Gasteiger partial charge is 0.352 e. The lowest BCUT2D eigenvalue weighted by Crippen LogP contribution is -2.19. The van der Waals surface area contributed by atoms with Crippen molar-refractivity contribution in [3.8, 4) is 0 Å². The molecule has 2 N–H and O–H groups in total. The lowest BCUT2D eigenvalue weighted by Gasteiger charge is -2.06.